The number of amides is 1. The van der Waals surface area contributed by atoms with Gasteiger partial charge in [0.2, 0.25) is 0 Å². The minimum Gasteiger partial charge on any atom is -0.444 e. The normalized spacial score (nSPS) is 17.3. The van der Waals surface area contributed by atoms with Gasteiger partial charge in [0.1, 0.15) is 11.2 Å². The minimum atomic E-state index is -0.936. The maximum absolute atomic E-state index is 11.8. The molecular formula is C15H19Cl2NO3. The molecule has 1 aromatic carbocycles. The molecule has 116 valence electrons. The lowest BCUT2D eigenvalue weighted by molar-refractivity contribution is -0.0973. The second-order valence-corrected chi connectivity index (χ2v) is 7.30. The van der Waals surface area contributed by atoms with Crippen molar-refractivity contribution < 1.29 is 14.6 Å². The van der Waals surface area contributed by atoms with E-state index in [1.54, 1.807) is 12.1 Å². The topological polar surface area (TPSA) is 49.8 Å². The van der Waals surface area contributed by atoms with Gasteiger partial charge in [-0.25, -0.2) is 4.79 Å². The summed E-state index contributed by atoms with van der Waals surface area (Å²) >= 11 is 11.8. The molecule has 1 N–H and O–H groups in total. The van der Waals surface area contributed by atoms with E-state index in [-0.39, 0.29) is 13.1 Å². The summed E-state index contributed by atoms with van der Waals surface area (Å²) in [6.07, 6.45) is 0.0183. The van der Waals surface area contributed by atoms with Crippen LogP contribution in [0, 0.1) is 0 Å². The fourth-order valence-electron chi connectivity index (χ4n) is 2.26. The number of ether oxygens (including phenoxy) is 1. The highest BCUT2D eigenvalue weighted by molar-refractivity contribution is 6.42. The summed E-state index contributed by atoms with van der Waals surface area (Å²) in [5.41, 5.74) is -0.585. The van der Waals surface area contributed by atoms with Crippen molar-refractivity contribution >= 4 is 29.3 Å². The Hall–Kier alpha value is -0.970. The highest BCUT2D eigenvalue weighted by Crippen LogP contribution is 2.29. The molecule has 0 aliphatic carbocycles. The van der Waals surface area contributed by atoms with Gasteiger partial charge in [-0.1, -0.05) is 29.3 Å². The van der Waals surface area contributed by atoms with Gasteiger partial charge >= 0.3 is 6.09 Å². The molecule has 4 nitrogen and oxygen atoms in total. The van der Waals surface area contributed by atoms with E-state index < -0.39 is 17.3 Å². The van der Waals surface area contributed by atoms with E-state index in [1.807, 2.05) is 26.8 Å². The summed E-state index contributed by atoms with van der Waals surface area (Å²) in [5, 5.41) is 11.4. The van der Waals surface area contributed by atoms with E-state index in [4.69, 9.17) is 27.9 Å². The lowest BCUT2D eigenvalue weighted by atomic mass is 9.87. The minimum absolute atomic E-state index is 0.252. The Morgan fingerprint density at radius 1 is 1.33 bits per heavy atom. The number of benzene rings is 1. The van der Waals surface area contributed by atoms with E-state index in [2.05, 4.69) is 0 Å². The average Bonchev–Trinajstić information content (AvgIpc) is 2.28. The number of hydrogen-bond donors (Lipinski definition) is 1. The quantitative estimate of drug-likeness (QED) is 0.901. The molecule has 1 heterocycles. The second kappa shape index (κ2) is 5.67. The van der Waals surface area contributed by atoms with Gasteiger partial charge in [0.25, 0.3) is 0 Å². The highest BCUT2D eigenvalue weighted by atomic mass is 35.5. The number of carbonyl (C=O) groups excluding carboxylic acids is 1. The summed E-state index contributed by atoms with van der Waals surface area (Å²) in [6.45, 7) is 5.94. The zero-order valence-corrected chi connectivity index (χ0v) is 13.8. The van der Waals surface area contributed by atoms with E-state index in [9.17, 15) is 9.90 Å². The lowest BCUT2D eigenvalue weighted by Crippen LogP contribution is -2.65. The molecule has 6 heteroatoms. The summed E-state index contributed by atoms with van der Waals surface area (Å²) < 4.78 is 5.26. The van der Waals surface area contributed by atoms with Crippen molar-refractivity contribution in [2.24, 2.45) is 0 Å². The van der Waals surface area contributed by atoms with Crippen LogP contribution in [0.3, 0.4) is 0 Å². The summed E-state index contributed by atoms with van der Waals surface area (Å²) in [4.78, 5) is 13.3. The standard InChI is InChI=1S/C15H19Cl2NO3/c1-14(2,3)21-13(19)18-8-15(20,9-18)7-10-4-5-11(16)12(17)6-10/h4-6,20H,7-9H2,1-3H3. The van der Waals surface area contributed by atoms with Gasteiger partial charge < -0.3 is 14.7 Å². The Labute approximate surface area is 134 Å². The van der Waals surface area contributed by atoms with Crippen LogP contribution in [0.15, 0.2) is 18.2 Å². The van der Waals surface area contributed by atoms with E-state index in [0.29, 0.717) is 16.5 Å². The predicted molar refractivity (Wildman–Crippen MR) is 82.9 cm³/mol. The molecule has 0 unspecified atom stereocenters. The predicted octanol–water partition coefficient (Wildman–Crippen LogP) is 3.52. The van der Waals surface area contributed by atoms with E-state index >= 15 is 0 Å². The van der Waals surface area contributed by atoms with Crippen molar-refractivity contribution in [3.8, 4) is 0 Å². The second-order valence-electron chi connectivity index (χ2n) is 6.49. The number of hydrogen-bond acceptors (Lipinski definition) is 3. The van der Waals surface area contributed by atoms with Crippen molar-refractivity contribution in [2.45, 2.75) is 38.4 Å². The molecule has 0 radical (unpaired) electrons. The van der Waals surface area contributed by atoms with Gasteiger partial charge in [-0.05, 0) is 38.5 Å². The van der Waals surface area contributed by atoms with Crippen LogP contribution < -0.4 is 0 Å². The molecule has 0 saturated carbocycles. The number of rotatable bonds is 2. The molecule has 0 spiro atoms. The maximum atomic E-state index is 11.8. The fourth-order valence-corrected chi connectivity index (χ4v) is 2.58. The SMILES string of the molecule is CC(C)(C)OC(=O)N1CC(O)(Cc2ccc(Cl)c(Cl)c2)C1. The number of carbonyl (C=O) groups is 1. The fraction of sp³-hybridized carbons (Fsp3) is 0.533. The Morgan fingerprint density at radius 2 is 1.95 bits per heavy atom. The Bertz CT molecular complexity index is 548. The molecule has 2 rings (SSSR count). The van der Waals surface area contributed by atoms with Crippen molar-refractivity contribution in [1.82, 2.24) is 4.90 Å². The third kappa shape index (κ3) is 4.25. The van der Waals surface area contributed by atoms with Gasteiger partial charge in [-0.2, -0.15) is 0 Å². The zero-order valence-electron chi connectivity index (χ0n) is 12.3. The molecular weight excluding hydrogens is 313 g/mol. The van der Waals surface area contributed by atoms with Crippen LogP contribution >= 0.6 is 23.2 Å². The highest BCUT2D eigenvalue weighted by Gasteiger charge is 2.45. The van der Waals surface area contributed by atoms with Gasteiger partial charge in [0.05, 0.1) is 23.1 Å². The van der Waals surface area contributed by atoms with Gasteiger partial charge in [-0.15, -0.1) is 0 Å². The van der Waals surface area contributed by atoms with Crippen LogP contribution in [0.4, 0.5) is 4.79 Å². The van der Waals surface area contributed by atoms with Crippen molar-refractivity contribution in [2.75, 3.05) is 13.1 Å². The first-order valence-corrected chi connectivity index (χ1v) is 7.48. The van der Waals surface area contributed by atoms with Crippen molar-refractivity contribution in [1.29, 1.82) is 0 Å². The molecule has 1 aliphatic heterocycles. The number of likely N-dealkylation sites (tertiary alicyclic amines) is 1. The van der Waals surface area contributed by atoms with Crippen molar-refractivity contribution in [3.63, 3.8) is 0 Å². The average molecular weight is 332 g/mol. The molecule has 0 aromatic heterocycles. The number of halogens is 2. The molecule has 1 amide bonds. The number of β-amino-alcohol motifs (C(OH)–C–C–N with tert-alkyl or cyclic N) is 1. The van der Waals surface area contributed by atoms with Crippen LogP contribution in [-0.4, -0.2) is 40.4 Å². The Kier molecular flexibility index (Phi) is 4.43. The molecule has 0 atom stereocenters. The maximum Gasteiger partial charge on any atom is 0.410 e. The monoisotopic (exact) mass is 331 g/mol. The summed E-state index contributed by atoms with van der Waals surface area (Å²) in [7, 11) is 0. The molecule has 1 aliphatic rings. The third-order valence-corrected chi connectivity index (χ3v) is 3.88. The van der Waals surface area contributed by atoms with E-state index in [1.165, 1.54) is 4.90 Å². The summed E-state index contributed by atoms with van der Waals surface area (Å²) in [5.74, 6) is 0. The van der Waals surface area contributed by atoms with Crippen LogP contribution in [0.1, 0.15) is 26.3 Å². The molecule has 0 bridgehead atoms. The van der Waals surface area contributed by atoms with Gasteiger partial charge in [0, 0.05) is 6.42 Å². The molecule has 21 heavy (non-hydrogen) atoms. The van der Waals surface area contributed by atoms with Gasteiger partial charge in [-0.3, -0.25) is 0 Å². The number of aliphatic hydroxyl groups is 1. The van der Waals surface area contributed by atoms with Crippen LogP contribution in [0.5, 0.6) is 0 Å². The number of nitrogens with zero attached hydrogens (tertiary/aromatic N) is 1. The molecule has 1 fully saturated rings. The van der Waals surface area contributed by atoms with E-state index in [0.717, 1.165) is 5.56 Å². The largest absolute Gasteiger partial charge is 0.444 e. The Balaban J connectivity index is 1.92. The third-order valence-electron chi connectivity index (χ3n) is 3.14. The van der Waals surface area contributed by atoms with Crippen LogP contribution in [-0.2, 0) is 11.2 Å². The first-order chi connectivity index (χ1) is 9.58. The van der Waals surface area contributed by atoms with Crippen LogP contribution in [0.2, 0.25) is 10.0 Å². The summed E-state index contributed by atoms with van der Waals surface area (Å²) in [6, 6.07) is 5.26. The first-order valence-electron chi connectivity index (χ1n) is 6.72. The zero-order chi connectivity index (χ0) is 15.8. The lowest BCUT2D eigenvalue weighted by Gasteiger charge is -2.46. The first kappa shape index (κ1) is 16.4. The van der Waals surface area contributed by atoms with Crippen molar-refractivity contribution in [3.05, 3.63) is 33.8 Å². The Morgan fingerprint density at radius 3 is 2.48 bits per heavy atom. The van der Waals surface area contributed by atoms with Crippen LogP contribution in [0.25, 0.3) is 0 Å². The van der Waals surface area contributed by atoms with Gasteiger partial charge in [0.15, 0.2) is 0 Å². The molecule has 1 saturated heterocycles. The smallest absolute Gasteiger partial charge is 0.410 e. The molecule has 1 aromatic rings.